The van der Waals surface area contributed by atoms with Gasteiger partial charge in [0.25, 0.3) is 0 Å². The molecule has 1 atom stereocenters. The number of ether oxygens (including phenoxy) is 1. The molecule has 1 aromatic heterocycles. The zero-order valence-electron chi connectivity index (χ0n) is 22.1. The van der Waals surface area contributed by atoms with Gasteiger partial charge in [-0.2, -0.15) is 18.4 Å². The third-order valence-electron chi connectivity index (χ3n) is 7.97. The number of anilines is 1. The molecule has 2 aromatic carbocycles. The van der Waals surface area contributed by atoms with Crippen molar-refractivity contribution in [3.8, 4) is 23.1 Å². The number of nitrogens with zero attached hydrogens (tertiary/aromatic N) is 3. The zero-order chi connectivity index (χ0) is 28.3. The van der Waals surface area contributed by atoms with E-state index in [0.29, 0.717) is 43.9 Å². The molecule has 3 heterocycles. The highest BCUT2D eigenvalue weighted by Crippen LogP contribution is 2.40. The Morgan fingerprint density at radius 1 is 1.20 bits per heavy atom. The fraction of sp³-hybridized carbons (Fsp3) is 0.367. The molecule has 1 amide bonds. The highest BCUT2D eigenvalue weighted by molar-refractivity contribution is 5.89. The van der Waals surface area contributed by atoms with Crippen LogP contribution in [0.2, 0.25) is 0 Å². The molecule has 0 saturated carbocycles. The SMILES string of the molecule is COc1ccccc1-c1ccc(C2(C(=O)NC[C@H]3CCN3)CCN(c3ccc(C(F)(F)F)cc3C#N)CC2)cn1. The third kappa shape index (κ3) is 5.34. The molecule has 0 bridgehead atoms. The number of carbonyl (C=O) groups excluding carboxylic acids is 1. The van der Waals surface area contributed by atoms with E-state index in [2.05, 4.69) is 15.6 Å². The van der Waals surface area contributed by atoms with Crippen molar-refractivity contribution in [3.63, 3.8) is 0 Å². The number of nitriles is 1. The van der Waals surface area contributed by atoms with Gasteiger partial charge in [-0.3, -0.25) is 9.78 Å². The topological polar surface area (TPSA) is 90.3 Å². The van der Waals surface area contributed by atoms with E-state index in [0.717, 1.165) is 41.9 Å². The number of hydrogen-bond donors (Lipinski definition) is 2. The first-order valence-corrected chi connectivity index (χ1v) is 13.2. The second-order valence-corrected chi connectivity index (χ2v) is 10.2. The van der Waals surface area contributed by atoms with Crippen LogP contribution in [0, 0.1) is 11.3 Å². The lowest BCUT2D eigenvalue weighted by Crippen LogP contribution is -2.56. The minimum absolute atomic E-state index is 0.0364. The van der Waals surface area contributed by atoms with Crippen LogP contribution in [0.25, 0.3) is 11.3 Å². The van der Waals surface area contributed by atoms with Crippen molar-refractivity contribution in [2.75, 3.05) is 38.2 Å². The van der Waals surface area contributed by atoms with Crippen LogP contribution in [0.4, 0.5) is 18.9 Å². The minimum Gasteiger partial charge on any atom is -0.496 e. The average molecular weight is 550 g/mol. The molecule has 3 aromatic rings. The van der Waals surface area contributed by atoms with E-state index in [-0.39, 0.29) is 17.5 Å². The summed E-state index contributed by atoms with van der Waals surface area (Å²) in [6.07, 6.45) is -0.965. The average Bonchev–Trinajstić information content (AvgIpc) is 2.95. The van der Waals surface area contributed by atoms with Crippen molar-refractivity contribution in [3.05, 3.63) is 77.5 Å². The van der Waals surface area contributed by atoms with Crippen LogP contribution in [-0.4, -0.2) is 50.2 Å². The van der Waals surface area contributed by atoms with Crippen LogP contribution < -0.4 is 20.3 Å². The fourth-order valence-electron chi connectivity index (χ4n) is 5.45. The lowest BCUT2D eigenvalue weighted by molar-refractivity contribution is -0.137. The first-order chi connectivity index (χ1) is 19.2. The smallest absolute Gasteiger partial charge is 0.416 e. The number of aromatic nitrogens is 1. The molecule has 2 N–H and O–H groups in total. The van der Waals surface area contributed by atoms with Gasteiger partial charge in [0.05, 0.1) is 35.0 Å². The number of rotatable bonds is 7. The molecule has 7 nitrogen and oxygen atoms in total. The van der Waals surface area contributed by atoms with Crippen LogP contribution in [-0.2, 0) is 16.4 Å². The Balaban J connectivity index is 1.42. The predicted molar refractivity (Wildman–Crippen MR) is 145 cm³/mol. The molecule has 2 aliphatic rings. The first kappa shape index (κ1) is 27.5. The number of benzene rings is 2. The van der Waals surface area contributed by atoms with Gasteiger partial charge in [-0.1, -0.05) is 18.2 Å². The van der Waals surface area contributed by atoms with E-state index in [4.69, 9.17) is 4.74 Å². The van der Waals surface area contributed by atoms with E-state index < -0.39 is 17.2 Å². The van der Waals surface area contributed by atoms with Gasteiger partial charge in [-0.15, -0.1) is 0 Å². The van der Waals surface area contributed by atoms with Crippen LogP contribution in [0.5, 0.6) is 5.75 Å². The summed E-state index contributed by atoms with van der Waals surface area (Å²) in [6, 6.07) is 16.8. The lowest BCUT2D eigenvalue weighted by Gasteiger charge is -2.42. The van der Waals surface area contributed by atoms with Crippen LogP contribution in [0.3, 0.4) is 0 Å². The molecule has 2 aliphatic heterocycles. The second kappa shape index (κ2) is 11.2. The van der Waals surface area contributed by atoms with Gasteiger partial charge < -0.3 is 20.3 Å². The number of halogens is 3. The number of alkyl halides is 3. The molecule has 0 unspecified atom stereocenters. The molecule has 5 rings (SSSR count). The number of hydrogen-bond acceptors (Lipinski definition) is 6. The molecule has 0 spiro atoms. The summed E-state index contributed by atoms with van der Waals surface area (Å²) in [5.41, 5.74) is 1.01. The van der Waals surface area contributed by atoms with E-state index >= 15 is 0 Å². The fourth-order valence-corrected chi connectivity index (χ4v) is 5.45. The number of carbonyl (C=O) groups is 1. The largest absolute Gasteiger partial charge is 0.496 e. The van der Waals surface area contributed by atoms with E-state index in [9.17, 15) is 23.2 Å². The Morgan fingerprint density at radius 3 is 2.55 bits per heavy atom. The summed E-state index contributed by atoms with van der Waals surface area (Å²) < 4.78 is 45.1. The van der Waals surface area contributed by atoms with Crippen LogP contribution in [0.1, 0.15) is 36.0 Å². The van der Waals surface area contributed by atoms with Gasteiger partial charge in [-0.05, 0) is 67.8 Å². The molecular weight excluding hydrogens is 519 g/mol. The van der Waals surface area contributed by atoms with Crippen molar-refractivity contribution in [1.82, 2.24) is 15.6 Å². The highest BCUT2D eigenvalue weighted by Gasteiger charge is 2.44. The number of para-hydroxylation sites is 1. The van der Waals surface area contributed by atoms with E-state index in [1.807, 2.05) is 47.4 Å². The van der Waals surface area contributed by atoms with Gasteiger partial charge in [0.1, 0.15) is 11.8 Å². The van der Waals surface area contributed by atoms with Crippen molar-refractivity contribution in [2.24, 2.45) is 0 Å². The number of amides is 1. The summed E-state index contributed by atoms with van der Waals surface area (Å²) in [5.74, 6) is 0.599. The predicted octanol–water partition coefficient (Wildman–Crippen LogP) is 4.66. The Kier molecular flexibility index (Phi) is 7.68. The van der Waals surface area contributed by atoms with Gasteiger partial charge in [0.15, 0.2) is 0 Å². The van der Waals surface area contributed by atoms with Crippen molar-refractivity contribution >= 4 is 11.6 Å². The maximum atomic E-state index is 13.8. The molecule has 0 radical (unpaired) electrons. The van der Waals surface area contributed by atoms with Crippen molar-refractivity contribution in [2.45, 2.75) is 36.9 Å². The standard InChI is InChI=1S/C30H30F3N5O2/c1-40-27-5-3-2-4-24(27)25-8-6-22(18-36-25)29(28(39)37-19-23-10-13-35-23)11-14-38(15-12-29)26-9-7-21(30(31,32)33)16-20(26)17-34/h2-9,16,18,23,35H,10-15,19H2,1H3,(H,37,39)/t23-/m1/s1. The summed E-state index contributed by atoms with van der Waals surface area (Å²) in [7, 11) is 1.60. The number of nitrogens with one attached hydrogen (secondary N) is 2. The van der Waals surface area contributed by atoms with Crippen LogP contribution >= 0.6 is 0 Å². The van der Waals surface area contributed by atoms with E-state index in [1.54, 1.807) is 13.3 Å². The summed E-state index contributed by atoms with van der Waals surface area (Å²) in [4.78, 5) is 20.3. The summed E-state index contributed by atoms with van der Waals surface area (Å²) in [5, 5.41) is 16.0. The monoisotopic (exact) mass is 549 g/mol. The highest BCUT2D eigenvalue weighted by atomic mass is 19.4. The van der Waals surface area contributed by atoms with Crippen molar-refractivity contribution in [1.29, 1.82) is 5.26 Å². The quantitative estimate of drug-likeness (QED) is 0.446. The van der Waals surface area contributed by atoms with Crippen molar-refractivity contribution < 1.29 is 22.7 Å². The summed E-state index contributed by atoms with van der Waals surface area (Å²) in [6.45, 7) is 2.24. The maximum absolute atomic E-state index is 13.8. The molecule has 40 heavy (non-hydrogen) atoms. The third-order valence-corrected chi connectivity index (χ3v) is 7.97. The molecule has 10 heteroatoms. The molecular formula is C30H30F3N5O2. The number of methoxy groups -OCH3 is 1. The van der Waals surface area contributed by atoms with Gasteiger partial charge >= 0.3 is 6.18 Å². The van der Waals surface area contributed by atoms with Gasteiger partial charge in [-0.25, -0.2) is 0 Å². The lowest BCUT2D eigenvalue weighted by atomic mass is 9.72. The Bertz CT molecular complexity index is 1410. The second-order valence-electron chi connectivity index (χ2n) is 10.2. The Morgan fingerprint density at radius 2 is 1.95 bits per heavy atom. The molecule has 0 aliphatic carbocycles. The molecule has 208 valence electrons. The minimum atomic E-state index is -4.53. The Labute approximate surface area is 231 Å². The van der Waals surface area contributed by atoms with E-state index in [1.165, 1.54) is 6.07 Å². The molecule has 2 saturated heterocycles. The zero-order valence-corrected chi connectivity index (χ0v) is 22.1. The normalized spacial score (nSPS) is 18.4. The maximum Gasteiger partial charge on any atom is 0.416 e. The van der Waals surface area contributed by atoms with Crippen LogP contribution in [0.15, 0.2) is 60.8 Å². The Hall–Kier alpha value is -4.10. The molecule has 2 fully saturated rings. The number of piperidine rings is 1. The van der Waals surface area contributed by atoms with Gasteiger partial charge in [0, 0.05) is 37.4 Å². The van der Waals surface area contributed by atoms with Gasteiger partial charge in [0.2, 0.25) is 5.91 Å². The summed E-state index contributed by atoms with van der Waals surface area (Å²) >= 11 is 0. The number of pyridine rings is 1. The first-order valence-electron chi connectivity index (χ1n) is 13.2.